The first kappa shape index (κ1) is 23.9. The molecule has 1 aliphatic rings. The van der Waals surface area contributed by atoms with Crippen LogP contribution in [0.4, 0.5) is 0 Å². The number of benzene rings is 1. The van der Waals surface area contributed by atoms with E-state index in [0.29, 0.717) is 0 Å². The van der Waals surface area contributed by atoms with E-state index >= 15 is 0 Å². The molecule has 0 spiro atoms. The predicted octanol–water partition coefficient (Wildman–Crippen LogP) is 3.13. The monoisotopic (exact) mass is 529 g/mol. The Hall–Kier alpha value is -1.42. The van der Waals surface area contributed by atoms with E-state index in [4.69, 9.17) is 16.3 Å². The summed E-state index contributed by atoms with van der Waals surface area (Å²) in [6, 6.07) is 14.3. The minimum absolute atomic E-state index is 0. The molecule has 8 heteroatoms. The smallest absolute Gasteiger partial charge is 0.191 e. The van der Waals surface area contributed by atoms with Crippen LogP contribution >= 0.6 is 35.6 Å². The number of halogens is 2. The molecule has 3 rings (SSSR count). The van der Waals surface area contributed by atoms with Crippen LogP contribution in [0.3, 0.4) is 0 Å². The van der Waals surface area contributed by atoms with Gasteiger partial charge in [-0.3, -0.25) is 14.9 Å². The fourth-order valence-corrected chi connectivity index (χ4v) is 3.53. The number of guanidine groups is 1. The fraction of sp³-hybridized carbons (Fsp3) is 0.429. The van der Waals surface area contributed by atoms with Crippen LogP contribution in [-0.2, 0) is 11.2 Å². The second-order valence-electron chi connectivity index (χ2n) is 6.67. The van der Waals surface area contributed by atoms with Gasteiger partial charge in [0.05, 0.1) is 19.3 Å². The van der Waals surface area contributed by atoms with Gasteiger partial charge in [0.25, 0.3) is 0 Å². The molecule has 0 amide bonds. The number of rotatable bonds is 7. The summed E-state index contributed by atoms with van der Waals surface area (Å²) in [6.45, 7) is 4.84. The average Bonchev–Trinajstić information content (AvgIpc) is 2.74. The summed E-state index contributed by atoms with van der Waals surface area (Å²) >= 11 is 6.24. The van der Waals surface area contributed by atoms with Crippen molar-refractivity contribution in [1.82, 2.24) is 20.5 Å². The molecule has 2 N–H and O–H groups in total. The molecule has 0 saturated carbocycles. The minimum Gasteiger partial charge on any atom is -0.379 e. The first-order valence-electron chi connectivity index (χ1n) is 9.68. The van der Waals surface area contributed by atoms with Crippen LogP contribution in [0.2, 0.25) is 5.02 Å². The summed E-state index contributed by atoms with van der Waals surface area (Å²) in [7, 11) is 1.79. The summed E-state index contributed by atoms with van der Waals surface area (Å²) < 4.78 is 5.52. The standard InChI is InChI=1S/C21H28ClN5O.HI/c1-23-21(25-10-8-19-7-2-3-9-24-19)26-16-20(27-11-13-28-14-12-27)17-5-4-6-18(22)15-17;/h2-7,9,15,20H,8,10-14,16H2,1H3,(H2,23,25,26);1H. The van der Waals surface area contributed by atoms with Crippen LogP contribution in [0.1, 0.15) is 17.3 Å². The summed E-state index contributed by atoms with van der Waals surface area (Å²) in [5.74, 6) is 0.788. The summed E-state index contributed by atoms with van der Waals surface area (Å²) in [5, 5.41) is 7.59. The van der Waals surface area contributed by atoms with Gasteiger partial charge < -0.3 is 15.4 Å². The summed E-state index contributed by atoms with van der Waals surface area (Å²) in [4.78, 5) is 11.1. The molecule has 1 fully saturated rings. The van der Waals surface area contributed by atoms with Gasteiger partial charge in [-0.15, -0.1) is 24.0 Å². The second-order valence-corrected chi connectivity index (χ2v) is 7.11. The van der Waals surface area contributed by atoms with Crippen molar-refractivity contribution in [3.05, 3.63) is 64.9 Å². The second kappa shape index (κ2) is 13.0. The summed E-state index contributed by atoms with van der Waals surface area (Å²) in [5.41, 5.74) is 2.27. The molecule has 1 unspecified atom stereocenters. The fourth-order valence-electron chi connectivity index (χ4n) is 3.33. The summed E-state index contributed by atoms with van der Waals surface area (Å²) in [6.07, 6.45) is 2.67. The van der Waals surface area contributed by atoms with Crippen LogP contribution < -0.4 is 10.6 Å². The molecule has 2 aromatic rings. The van der Waals surface area contributed by atoms with E-state index in [0.717, 1.165) is 62.5 Å². The molecule has 158 valence electrons. The Morgan fingerprint density at radius 1 is 1.21 bits per heavy atom. The lowest BCUT2D eigenvalue weighted by molar-refractivity contribution is 0.0170. The normalized spacial score (nSPS) is 16.0. The molecule has 2 heterocycles. The van der Waals surface area contributed by atoms with Crippen molar-refractivity contribution in [3.63, 3.8) is 0 Å². The van der Waals surface area contributed by atoms with E-state index in [-0.39, 0.29) is 30.0 Å². The van der Waals surface area contributed by atoms with Gasteiger partial charge >= 0.3 is 0 Å². The number of nitrogens with one attached hydrogen (secondary N) is 2. The molecule has 1 atom stereocenters. The van der Waals surface area contributed by atoms with Crippen molar-refractivity contribution in [2.75, 3.05) is 46.4 Å². The van der Waals surface area contributed by atoms with Gasteiger partial charge in [-0.05, 0) is 29.8 Å². The van der Waals surface area contributed by atoms with Crippen LogP contribution in [0.15, 0.2) is 53.7 Å². The van der Waals surface area contributed by atoms with Crippen molar-refractivity contribution in [2.24, 2.45) is 4.99 Å². The number of pyridine rings is 1. The maximum absolute atomic E-state index is 6.24. The third kappa shape index (κ3) is 7.73. The molecule has 1 aromatic carbocycles. The van der Waals surface area contributed by atoms with Crippen molar-refractivity contribution >= 4 is 41.5 Å². The van der Waals surface area contributed by atoms with E-state index in [1.165, 1.54) is 5.56 Å². The van der Waals surface area contributed by atoms with Crippen LogP contribution in [-0.4, -0.2) is 62.3 Å². The van der Waals surface area contributed by atoms with Gasteiger partial charge in [0, 0.05) is 56.6 Å². The SMILES string of the molecule is CN=C(NCCc1ccccn1)NCC(c1cccc(Cl)c1)N1CCOCC1.I. The lowest BCUT2D eigenvalue weighted by atomic mass is 10.0. The maximum atomic E-state index is 6.24. The van der Waals surface area contributed by atoms with Crippen molar-refractivity contribution in [3.8, 4) is 0 Å². The zero-order chi connectivity index (χ0) is 19.6. The van der Waals surface area contributed by atoms with Crippen LogP contribution in [0.25, 0.3) is 0 Å². The third-order valence-corrected chi connectivity index (χ3v) is 5.04. The molecule has 1 saturated heterocycles. The van der Waals surface area contributed by atoms with Gasteiger partial charge in [0.1, 0.15) is 0 Å². The number of hydrogen-bond acceptors (Lipinski definition) is 4. The van der Waals surface area contributed by atoms with Crippen LogP contribution in [0.5, 0.6) is 0 Å². The average molecular weight is 530 g/mol. The number of aromatic nitrogens is 1. The molecule has 0 bridgehead atoms. The minimum atomic E-state index is 0. The molecule has 0 aliphatic carbocycles. The Bertz CT molecular complexity index is 756. The number of morpholine rings is 1. The highest BCUT2D eigenvalue weighted by Crippen LogP contribution is 2.23. The van der Waals surface area contributed by atoms with E-state index < -0.39 is 0 Å². The van der Waals surface area contributed by atoms with Gasteiger partial charge in [-0.2, -0.15) is 0 Å². The van der Waals surface area contributed by atoms with Crippen molar-refractivity contribution in [2.45, 2.75) is 12.5 Å². The first-order chi connectivity index (χ1) is 13.8. The zero-order valence-corrected chi connectivity index (χ0v) is 19.8. The Labute approximate surface area is 195 Å². The predicted molar refractivity (Wildman–Crippen MR) is 129 cm³/mol. The topological polar surface area (TPSA) is 61.8 Å². The number of nitrogens with zero attached hydrogens (tertiary/aromatic N) is 3. The third-order valence-electron chi connectivity index (χ3n) is 4.81. The number of ether oxygens (including phenoxy) is 1. The molecule has 1 aromatic heterocycles. The molecule has 1 aliphatic heterocycles. The Morgan fingerprint density at radius 3 is 2.72 bits per heavy atom. The van der Waals surface area contributed by atoms with Gasteiger partial charge in [-0.1, -0.05) is 29.8 Å². The molecule has 6 nitrogen and oxygen atoms in total. The largest absolute Gasteiger partial charge is 0.379 e. The van der Waals surface area contributed by atoms with E-state index in [1.807, 2.05) is 42.6 Å². The van der Waals surface area contributed by atoms with Gasteiger partial charge in [0.2, 0.25) is 0 Å². The van der Waals surface area contributed by atoms with Gasteiger partial charge in [0.15, 0.2) is 5.96 Å². The quantitative estimate of drug-likeness (QED) is 0.328. The van der Waals surface area contributed by atoms with Crippen LogP contribution in [0, 0.1) is 0 Å². The zero-order valence-electron chi connectivity index (χ0n) is 16.7. The van der Waals surface area contributed by atoms with E-state index in [1.54, 1.807) is 7.05 Å². The number of hydrogen-bond donors (Lipinski definition) is 2. The lowest BCUT2D eigenvalue weighted by Crippen LogP contribution is -2.46. The molecule has 29 heavy (non-hydrogen) atoms. The highest BCUT2D eigenvalue weighted by molar-refractivity contribution is 14.0. The maximum Gasteiger partial charge on any atom is 0.191 e. The first-order valence-corrected chi connectivity index (χ1v) is 10.1. The number of aliphatic imine (C=N–C) groups is 1. The van der Waals surface area contributed by atoms with Crippen molar-refractivity contribution in [1.29, 1.82) is 0 Å². The Kier molecular flexibility index (Phi) is 10.7. The molecular weight excluding hydrogens is 501 g/mol. The van der Waals surface area contributed by atoms with Gasteiger partial charge in [-0.25, -0.2) is 0 Å². The van der Waals surface area contributed by atoms with Crippen molar-refractivity contribution < 1.29 is 4.74 Å². The molecular formula is C21H29ClIN5O. The lowest BCUT2D eigenvalue weighted by Gasteiger charge is -2.35. The van der Waals surface area contributed by atoms with E-state index in [9.17, 15) is 0 Å². The molecule has 0 radical (unpaired) electrons. The highest BCUT2D eigenvalue weighted by atomic mass is 127. The van der Waals surface area contributed by atoms with E-state index in [2.05, 4.69) is 31.6 Å². The Morgan fingerprint density at radius 2 is 2.03 bits per heavy atom. The Balaban J connectivity index is 0.00000300. The highest BCUT2D eigenvalue weighted by Gasteiger charge is 2.23.